The fourth-order valence-corrected chi connectivity index (χ4v) is 3.84. The number of hydrogen-bond acceptors (Lipinski definition) is 5. The Hall–Kier alpha value is -2.38. The third kappa shape index (κ3) is 3.73. The summed E-state index contributed by atoms with van der Waals surface area (Å²) in [5.74, 6) is -1.34. The van der Waals surface area contributed by atoms with Crippen molar-refractivity contribution in [1.29, 1.82) is 0 Å². The first-order chi connectivity index (χ1) is 12.4. The van der Waals surface area contributed by atoms with Crippen LogP contribution in [0, 0.1) is 19.8 Å². The molecule has 1 aliphatic carbocycles. The highest BCUT2D eigenvalue weighted by Crippen LogP contribution is 2.29. The van der Waals surface area contributed by atoms with Gasteiger partial charge in [0.1, 0.15) is 0 Å². The standard InChI is InChI=1S/C18H26N4O4/c1-11-17(12(2)21(3)20-11)19-15(23)10-26-18(25)13-8-16(24)22(9-13)14-6-4-5-7-14/h13-14H,4-10H2,1-3H3,(H,19,23)/t13-/m0/s1. The molecule has 8 heteroatoms. The van der Waals surface area contributed by atoms with E-state index in [0.29, 0.717) is 17.9 Å². The predicted molar refractivity (Wildman–Crippen MR) is 94.3 cm³/mol. The minimum atomic E-state index is -0.478. The first kappa shape index (κ1) is 18.4. The van der Waals surface area contributed by atoms with Gasteiger partial charge in [0.25, 0.3) is 5.91 Å². The molecule has 1 saturated heterocycles. The number of amides is 2. The normalized spacial score (nSPS) is 20.7. The molecular weight excluding hydrogens is 336 g/mol. The average molecular weight is 362 g/mol. The molecule has 1 saturated carbocycles. The van der Waals surface area contributed by atoms with Gasteiger partial charge in [0.05, 0.1) is 23.0 Å². The maximum absolute atomic E-state index is 12.2. The number of esters is 1. The van der Waals surface area contributed by atoms with E-state index in [1.165, 1.54) is 0 Å². The summed E-state index contributed by atoms with van der Waals surface area (Å²) in [5, 5.41) is 6.96. The highest BCUT2D eigenvalue weighted by molar-refractivity contribution is 5.94. The minimum Gasteiger partial charge on any atom is -0.455 e. The van der Waals surface area contributed by atoms with Crippen molar-refractivity contribution in [2.45, 2.75) is 52.0 Å². The summed E-state index contributed by atoms with van der Waals surface area (Å²) >= 11 is 0. The van der Waals surface area contributed by atoms with Crippen LogP contribution in [-0.4, -0.2) is 51.7 Å². The Bertz CT molecular complexity index is 721. The van der Waals surface area contributed by atoms with Crippen molar-refractivity contribution in [3.8, 4) is 0 Å². The number of carbonyl (C=O) groups excluding carboxylic acids is 3. The molecule has 0 aromatic carbocycles. The molecule has 2 fully saturated rings. The molecule has 0 unspecified atom stereocenters. The Balaban J connectivity index is 1.49. The van der Waals surface area contributed by atoms with E-state index < -0.39 is 17.8 Å². The Labute approximate surface area is 152 Å². The molecule has 0 bridgehead atoms. The molecule has 1 aromatic heterocycles. The fraction of sp³-hybridized carbons (Fsp3) is 0.667. The molecule has 0 radical (unpaired) electrons. The number of nitrogens with one attached hydrogen (secondary N) is 1. The summed E-state index contributed by atoms with van der Waals surface area (Å²) in [5.41, 5.74) is 2.17. The van der Waals surface area contributed by atoms with Gasteiger partial charge in [-0.25, -0.2) is 0 Å². The highest BCUT2D eigenvalue weighted by atomic mass is 16.5. The number of carbonyl (C=O) groups is 3. The number of hydrogen-bond donors (Lipinski definition) is 1. The third-order valence-electron chi connectivity index (χ3n) is 5.38. The summed E-state index contributed by atoms with van der Waals surface area (Å²) < 4.78 is 6.83. The van der Waals surface area contributed by atoms with Crippen LogP contribution in [0.5, 0.6) is 0 Å². The first-order valence-corrected chi connectivity index (χ1v) is 9.13. The molecule has 1 aromatic rings. The van der Waals surface area contributed by atoms with E-state index in [1.807, 2.05) is 11.8 Å². The number of nitrogens with zero attached hydrogens (tertiary/aromatic N) is 3. The Morgan fingerprint density at radius 2 is 1.96 bits per heavy atom. The van der Waals surface area contributed by atoms with Gasteiger partial charge in [-0.3, -0.25) is 19.1 Å². The van der Waals surface area contributed by atoms with Crippen LogP contribution in [0.25, 0.3) is 0 Å². The molecule has 1 atom stereocenters. The van der Waals surface area contributed by atoms with Gasteiger partial charge in [0.15, 0.2) is 6.61 Å². The number of ether oxygens (including phenoxy) is 1. The second-order valence-electron chi connectivity index (χ2n) is 7.21. The topological polar surface area (TPSA) is 93.5 Å². The quantitative estimate of drug-likeness (QED) is 0.797. The lowest BCUT2D eigenvalue weighted by atomic mass is 10.1. The van der Waals surface area contributed by atoms with Gasteiger partial charge in [0.2, 0.25) is 5.91 Å². The second-order valence-corrected chi connectivity index (χ2v) is 7.21. The lowest BCUT2D eigenvalue weighted by Gasteiger charge is -2.23. The zero-order valence-electron chi connectivity index (χ0n) is 15.6. The largest absolute Gasteiger partial charge is 0.455 e. The maximum atomic E-state index is 12.2. The fourth-order valence-electron chi connectivity index (χ4n) is 3.84. The zero-order chi connectivity index (χ0) is 18.8. The summed E-state index contributed by atoms with van der Waals surface area (Å²) in [4.78, 5) is 38.3. The van der Waals surface area contributed by atoms with Crippen LogP contribution in [0.1, 0.15) is 43.5 Å². The molecule has 2 heterocycles. The maximum Gasteiger partial charge on any atom is 0.311 e. The number of anilines is 1. The molecule has 0 spiro atoms. The van der Waals surface area contributed by atoms with Gasteiger partial charge in [-0.1, -0.05) is 12.8 Å². The van der Waals surface area contributed by atoms with Crippen molar-refractivity contribution in [3.63, 3.8) is 0 Å². The molecule has 1 aliphatic heterocycles. The third-order valence-corrected chi connectivity index (χ3v) is 5.38. The van der Waals surface area contributed by atoms with Crippen LogP contribution in [0.4, 0.5) is 5.69 Å². The highest BCUT2D eigenvalue weighted by Gasteiger charge is 2.39. The van der Waals surface area contributed by atoms with Crippen molar-refractivity contribution in [2.24, 2.45) is 13.0 Å². The van der Waals surface area contributed by atoms with Crippen molar-refractivity contribution in [3.05, 3.63) is 11.4 Å². The van der Waals surface area contributed by atoms with E-state index in [-0.39, 0.29) is 25.0 Å². The van der Waals surface area contributed by atoms with E-state index >= 15 is 0 Å². The van der Waals surface area contributed by atoms with Gasteiger partial charge < -0.3 is 15.0 Å². The summed E-state index contributed by atoms with van der Waals surface area (Å²) in [6.07, 6.45) is 4.48. The molecule has 26 heavy (non-hydrogen) atoms. The monoisotopic (exact) mass is 362 g/mol. The number of likely N-dealkylation sites (tertiary alicyclic amines) is 1. The van der Waals surface area contributed by atoms with E-state index in [9.17, 15) is 14.4 Å². The zero-order valence-corrected chi connectivity index (χ0v) is 15.6. The van der Waals surface area contributed by atoms with Crippen LogP contribution in [0.3, 0.4) is 0 Å². The first-order valence-electron chi connectivity index (χ1n) is 9.13. The lowest BCUT2D eigenvalue weighted by molar-refractivity contribution is -0.151. The SMILES string of the molecule is Cc1nn(C)c(C)c1NC(=O)COC(=O)[C@H]1CC(=O)N(C2CCCC2)C1. The average Bonchev–Trinajstić information content (AvgIpc) is 3.30. The summed E-state index contributed by atoms with van der Waals surface area (Å²) in [6, 6.07) is 0.264. The lowest BCUT2D eigenvalue weighted by Crippen LogP contribution is -2.35. The van der Waals surface area contributed by atoms with E-state index in [1.54, 1.807) is 18.7 Å². The minimum absolute atomic E-state index is 0.0184. The van der Waals surface area contributed by atoms with Crippen molar-refractivity contribution >= 4 is 23.5 Å². The second kappa shape index (κ2) is 7.47. The molecule has 1 N–H and O–H groups in total. The van der Waals surface area contributed by atoms with Gasteiger partial charge in [-0.05, 0) is 26.7 Å². The van der Waals surface area contributed by atoms with Crippen molar-refractivity contribution < 1.29 is 19.1 Å². The van der Waals surface area contributed by atoms with E-state index in [4.69, 9.17) is 4.74 Å². The van der Waals surface area contributed by atoms with Gasteiger partial charge >= 0.3 is 5.97 Å². The smallest absolute Gasteiger partial charge is 0.311 e. The molecule has 142 valence electrons. The molecular formula is C18H26N4O4. The van der Waals surface area contributed by atoms with Gasteiger partial charge in [0, 0.05) is 26.1 Å². The van der Waals surface area contributed by atoms with Gasteiger partial charge in [-0.2, -0.15) is 5.10 Å². The van der Waals surface area contributed by atoms with E-state index in [0.717, 1.165) is 31.4 Å². The summed E-state index contributed by atoms with van der Waals surface area (Å²) in [7, 11) is 1.80. The summed E-state index contributed by atoms with van der Waals surface area (Å²) in [6.45, 7) is 3.70. The Morgan fingerprint density at radius 3 is 2.58 bits per heavy atom. The van der Waals surface area contributed by atoms with Crippen LogP contribution in [0.15, 0.2) is 0 Å². The van der Waals surface area contributed by atoms with Crippen LogP contribution in [-0.2, 0) is 26.2 Å². The Morgan fingerprint density at radius 1 is 1.27 bits per heavy atom. The predicted octanol–water partition coefficient (Wildman–Crippen LogP) is 1.31. The number of aromatic nitrogens is 2. The molecule has 8 nitrogen and oxygen atoms in total. The molecule has 3 rings (SSSR count). The van der Waals surface area contributed by atoms with Crippen LogP contribution < -0.4 is 5.32 Å². The van der Waals surface area contributed by atoms with Crippen LogP contribution in [0.2, 0.25) is 0 Å². The van der Waals surface area contributed by atoms with Crippen LogP contribution >= 0.6 is 0 Å². The molecule has 2 amide bonds. The van der Waals surface area contributed by atoms with Crippen molar-refractivity contribution in [1.82, 2.24) is 14.7 Å². The molecule has 2 aliphatic rings. The number of rotatable bonds is 5. The Kier molecular flexibility index (Phi) is 5.29. The number of aryl methyl sites for hydroxylation is 2. The van der Waals surface area contributed by atoms with Crippen molar-refractivity contribution in [2.75, 3.05) is 18.5 Å². The van der Waals surface area contributed by atoms with E-state index in [2.05, 4.69) is 10.4 Å². The van der Waals surface area contributed by atoms with Gasteiger partial charge in [-0.15, -0.1) is 0 Å².